The van der Waals surface area contributed by atoms with Gasteiger partial charge in [-0.05, 0) is 11.6 Å². The molecule has 0 saturated heterocycles. The van der Waals surface area contributed by atoms with E-state index in [0.717, 1.165) is 0 Å². The van der Waals surface area contributed by atoms with Gasteiger partial charge in [0.2, 0.25) is 0 Å². The summed E-state index contributed by atoms with van der Waals surface area (Å²) in [6.07, 6.45) is -0.119. The molecule has 0 bridgehead atoms. The Morgan fingerprint density at radius 3 is 2.67 bits per heavy atom. The van der Waals surface area contributed by atoms with Gasteiger partial charge in [0.15, 0.2) is 0 Å². The smallest absolute Gasteiger partial charge is 0.307 e. The summed E-state index contributed by atoms with van der Waals surface area (Å²) in [6.45, 7) is 0. The van der Waals surface area contributed by atoms with Crippen molar-refractivity contribution in [3.8, 4) is 5.75 Å². The lowest BCUT2D eigenvalue weighted by molar-refractivity contribution is -0.136. The first kappa shape index (κ1) is 8.39. The number of phenols is 1. The lowest BCUT2D eigenvalue weighted by Crippen LogP contribution is -2.03. The summed E-state index contributed by atoms with van der Waals surface area (Å²) in [4.78, 5) is 10.3. The number of aliphatic carboxylic acids is 1. The molecule has 4 nitrogen and oxygen atoms in total. The summed E-state index contributed by atoms with van der Waals surface area (Å²) in [6, 6.07) is 4.24. The average Bonchev–Trinajstić information content (AvgIpc) is 1.94. The number of rotatable bonds is 2. The first-order chi connectivity index (χ1) is 5.59. The number of carbonyl (C=O) groups is 1. The van der Waals surface area contributed by atoms with Gasteiger partial charge in [0.25, 0.3) is 0 Å². The van der Waals surface area contributed by atoms with E-state index in [2.05, 4.69) is 0 Å². The molecule has 0 atom stereocenters. The average molecular weight is 167 g/mol. The molecule has 0 amide bonds. The van der Waals surface area contributed by atoms with Gasteiger partial charge in [0, 0.05) is 11.8 Å². The highest BCUT2D eigenvalue weighted by Gasteiger charge is 2.04. The van der Waals surface area contributed by atoms with Crippen LogP contribution in [0.15, 0.2) is 18.2 Å². The Bertz CT molecular complexity index is 309. The van der Waals surface area contributed by atoms with Crippen molar-refractivity contribution in [3.05, 3.63) is 23.8 Å². The molecule has 4 heteroatoms. The number of hydrogen-bond acceptors (Lipinski definition) is 3. The third-order valence-corrected chi connectivity index (χ3v) is 1.47. The van der Waals surface area contributed by atoms with Crippen LogP contribution < -0.4 is 5.73 Å². The number of anilines is 1. The monoisotopic (exact) mass is 167 g/mol. The summed E-state index contributed by atoms with van der Waals surface area (Å²) in [5, 5.41) is 17.4. The number of benzene rings is 1. The molecule has 0 aliphatic heterocycles. The van der Waals surface area contributed by atoms with Gasteiger partial charge in [-0.15, -0.1) is 0 Å². The number of aromatic hydroxyl groups is 1. The molecule has 1 aromatic carbocycles. The van der Waals surface area contributed by atoms with E-state index in [1.165, 1.54) is 18.2 Å². The summed E-state index contributed by atoms with van der Waals surface area (Å²) in [5.74, 6) is -0.894. The van der Waals surface area contributed by atoms with Crippen molar-refractivity contribution < 1.29 is 15.0 Å². The van der Waals surface area contributed by atoms with Gasteiger partial charge >= 0.3 is 5.97 Å². The van der Waals surface area contributed by atoms with Crippen LogP contribution in [0.1, 0.15) is 5.56 Å². The topological polar surface area (TPSA) is 83.5 Å². The summed E-state index contributed by atoms with van der Waals surface area (Å²) < 4.78 is 0. The fourth-order valence-corrected chi connectivity index (χ4v) is 0.906. The number of nitrogens with two attached hydrogens (primary N) is 1. The third kappa shape index (κ3) is 1.88. The second-order valence-corrected chi connectivity index (χ2v) is 2.45. The zero-order valence-electron chi connectivity index (χ0n) is 6.32. The van der Waals surface area contributed by atoms with Crippen LogP contribution in [0.5, 0.6) is 5.75 Å². The lowest BCUT2D eigenvalue weighted by atomic mass is 10.1. The quantitative estimate of drug-likeness (QED) is 0.563. The fraction of sp³-hybridized carbons (Fsp3) is 0.125. The molecule has 0 spiro atoms. The van der Waals surface area contributed by atoms with Crippen LogP contribution in [0.4, 0.5) is 5.69 Å². The van der Waals surface area contributed by atoms with Crippen LogP contribution >= 0.6 is 0 Å². The maximum Gasteiger partial charge on any atom is 0.307 e. The maximum atomic E-state index is 10.3. The molecule has 0 aliphatic carbocycles. The van der Waals surface area contributed by atoms with Gasteiger partial charge in [-0.25, -0.2) is 0 Å². The second kappa shape index (κ2) is 3.13. The number of hydrogen-bond donors (Lipinski definition) is 3. The van der Waals surface area contributed by atoms with Gasteiger partial charge in [-0.2, -0.15) is 0 Å². The fourth-order valence-electron chi connectivity index (χ4n) is 0.906. The summed E-state index contributed by atoms with van der Waals surface area (Å²) >= 11 is 0. The zero-order valence-corrected chi connectivity index (χ0v) is 6.32. The van der Waals surface area contributed by atoms with E-state index >= 15 is 0 Å². The van der Waals surface area contributed by atoms with Gasteiger partial charge in [0.1, 0.15) is 5.75 Å². The Labute approximate surface area is 69.3 Å². The SMILES string of the molecule is Nc1cc(O)ccc1CC(=O)O. The van der Waals surface area contributed by atoms with Gasteiger partial charge < -0.3 is 15.9 Å². The van der Waals surface area contributed by atoms with E-state index in [4.69, 9.17) is 15.9 Å². The van der Waals surface area contributed by atoms with E-state index in [-0.39, 0.29) is 12.2 Å². The summed E-state index contributed by atoms with van der Waals surface area (Å²) in [5.41, 5.74) is 6.26. The molecule has 4 N–H and O–H groups in total. The molecule has 0 fully saturated rings. The zero-order chi connectivity index (χ0) is 9.14. The number of carboxylic acid groups (broad SMARTS) is 1. The number of phenolic OH excluding ortho intramolecular Hbond substituents is 1. The van der Waals surface area contributed by atoms with Gasteiger partial charge in [0.05, 0.1) is 6.42 Å². The van der Waals surface area contributed by atoms with Crippen molar-refractivity contribution in [2.45, 2.75) is 6.42 Å². The van der Waals surface area contributed by atoms with Crippen LogP contribution in [0.3, 0.4) is 0 Å². The van der Waals surface area contributed by atoms with Crippen LogP contribution in [0.2, 0.25) is 0 Å². The Morgan fingerprint density at radius 1 is 1.50 bits per heavy atom. The molecule has 0 aromatic heterocycles. The Hall–Kier alpha value is -1.71. The molecule has 1 aromatic rings. The standard InChI is InChI=1S/C8H9NO3/c9-7-4-6(10)2-1-5(7)3-8(11)12/h1-2,4,10H,3,9H2,(H,11,12). The molecule has 0 saturated carbocycles. The van der Waals surface area contributed by atoms with E-state index in [1.54, 1.807) is 0 Å². The molecule has 1 rings (SSSR count). The summed E-state index contributed by atoms with van der Waals surface area (Å²) in [7, 11) is 0. The lowest BCUT2D eigenvalue weighted by Gasteiger charge is -2.02. The maximum absolute atomic E-state index is 10.3. The molecular weight excluding hydrogens is 158 g/mol. The molecule has 0 aliphatic rings. The largest absolute Gasteiger partial charge is 0.508 e. The highest BCUT2D eigenvalue weighted by atomic mass is 16.4. The first-order valence-corrected chi connectivity index (χ1v) is 3.39. The van der Waals surface area contributed by atoms with Crippen molar-refractivity contribution in [1.29, 1.82) is 0 Å². The van der Waals surface area contributed by atoms with E-state index in [1.807, 2.05) is 0 Å². The minimum Gasteiger partial charge on any atom is -0.508 e. The van der Waals surface area contributed by atoms with E-state index < -0.39 is 5.97 Å². The Morgan fingerprint density at radius 2 is 2.17 bits per heavy atom. The van der Waals surface area contributed by atoms with Crippen LogP contribution in [0, 0.1) is 0 Å². The predicted octanol–water partition coefficient (Wildman–Crippen LogP) is 0.602. The van der Waals surface area contributed by atoms with Crippen molar-refractivity contribution in [2.75, 3.05) is 5.73 Å². The minimum absolute atomic E-state index is 0.0432. The second-order valence-electron chi connectivity index (χ2n) is 2.45. The molecule has 64 valence electrons. The van der Waals surface area contributed by atoms with Gasteiger partial charge in [-0.1, -0.05) is 6.07 Å². The minimum atomic E-state index is -0.938. The molecular formula is C8H9NO3. The Balaban J connectivity index is 2.93. The number of nitrogen functional groups attached to an aromatic ring is 1. The molecule has 12 heavy (non-hydrogen) atoms. The van der Waals surface area contributed by atoms with Crippen LogP contribution in [0.25, 0.3) is 0 Å². The van der Waals surface area contributed by atoms with Crippen molar-refractivity contribution in [3.63, 3.8) is 0 Å². The molecule has 0 heterocycles. The molecule has 0 unspecified atom stereocenters. The van der Waals surface area contributed by atoms with Crippen molar-refractivity contribution in [1.82, 2.24) is 0 Å². The van der Waals surface area contributed by atoms with Crippen molar-refractivity contribution >= 4 is 11.7 Å². The number of carboxylic acids is 1. The normalized spacial score (nSPS) is 9.67. The van der Waals surface area contributed by atoms with Crippen molar-refractivity contribution in [2.24, 2.45) is 0 Å². The predicted molar refractivity (Wildman–Crippen MR) is 43.9 cm³/mol. The Kier molecular flexibility index (Phi) is 2.19. The van der Waals surface area contributed by atoms with E-state index in [9.17, 15) is 4.79 Å². The van der Waals surface area contributed by atoms with Crippen LogP contribution in [-0.2, 0) is 11.2 Å². The van der Waals surface area contributed by atoms with E-state index in [0.29, 0.717) is 11.3 Å². The first-order valence-electron chi connectivity index (χ1n) is 3.39. The molecule has 0 radical (unpaired) electrons. The van der Waals surface area contributed by atoms with Crippen LogP contribution in [-0.4, -0.2) is 16.2 Å². The van der Waals surface area contributed by atoms with Gasteiger partial charge in [-0.3, -0.25) is 4.79 Å². The highest BCUT2D eigenvalue weighted by Crippen LogP contribution is 2.18. The highest BCUT2D eigenvalue weighted by molar-refractivity contribution is 5.73. The third-order valence-electron chi connectivity index (χ3n) is 1.47.